The Bertz CT molecular complexity index is 1660. The number of nitrogens with zero attached hydrogens (tertiary/aromatic N) is 4. The smallest absolute Gasteiger partial charge is 0.235 e. The molecule has 0 bridgehead atoms. The number of rotatable bonds is 8. The Labute approximate surface area is 241 Å². The number of hydrogen-bond donors (Lipinski definition) is 3. The van der Waals surface area contributed by atoms with Crippen molar-refractivity contribution in [2.75, 3.05) is 23.8 Å². The van der Waals surface area contributed by atoms with Crippen LogP contribution in [0.15, 0.2) is 91.4 Å². The van der Waals surface area contributed by atoms with Crippen LogP contribution in [0.3, 0.4) is 0 Å². The third-order valence-corrected chi connectivity index (χ3v) is 6.84. The van der Waals surface area contributed by atoms with Gasteiger partial charge in [-0.15, -0.1) is 0 Å². The Morgan fingerprint density at radius 2 is 1.79 bits per heavy atom. The summed E-state index contributed by atoms with van der Waals surface area (Å²) in [6.45, 7) is 2.54. The van der Waals surface area contributed by atoms with Crippen LogP contribution in [0.5, 0.6) is 0 Å². The molecule has 11 heteroatoms. The van der Waals surface area contributed by atoms with Gasteiger partial charge in [0.1, 0.15) is 5.82 Å². The number of halogens is 1. The zero-order valence-electron chi connectivity index (χ0n) is 22.8. The number of carbonyl (C=O) groups is 1. The number of pyridine rings is 1. The van der Waals surface area contributed by atoms with E-state index in [0.717, 1.165) is 5.56 Å². The molecule has 1 fully saturated rings. The standard InChI is InChI=1S/C31H28FN7O3/c1-31(29(40)36-23-8-5-14-33-17-23)18-41-28(42-19-31)27-38-25(21-9-11-22(32)12-10-21)26(39-27)24-13-15-34-30(37-24)35-16-20-6-3-2-4-7-20/h2-15,17,28H,16,18-19H2,1H3,(H,36,40)(H,38,39)(H,34,35,37). The minimum absolute atomic E-state index is 0.104. The van der Waals surface area contributed by atoms with E-state index in [-0.39, 0.29) is 24.9 Å². The molecule has 2 aromatic carbocycles. The lowest BCUT2D eigenvalue weighted by atomic mass is 9.91. The summed E-state index contributed by atoms with van der Waals surface area (Å²) in [7, 11) is 0. The summed E-state index contributed by atoms with van der Waals surface area (Å²) >= 11 is 0. The zero-order chi connectivity index (χ0) is 28.9. The molecule has 0 radical (unpaired) electrons. The lowest BCUT2D eigenvalue weighted by molar-refractivity contribution is -0.229. The number of aromatic amines is 1. The molecule has 42 heavy (non-hydrogen) atoms. The third-order valence-electron chi connectivity index (χ3n) is 6.84. The van der Waals surface area contributed by atoms with E-state index in [9.17, 15) is 9.18 Å². The van der Waals surface area contributed by atoms with Gasteiger partial charge in [-0.1, -0.05) is 30.3 Å². The molecule has 4 heterocycles. The molecule has 0 aliphatic carbocycles. The van der Waals surface area contributed by atoms with Crippen LogP contribution in [0.4, 0.5) is 16.0 Å². The van der Waals surface area contributed by atoms with E-state index < -0.39 is 11.7 Å². The number of carbonyl (C=O) groups excluding carboxylic acids is 1. The SMILES string of the molecule is CC1(C(=O)Nc2cccnc2)COC(c2nc(-c3ccc(F)cc3)c(-c3ccnc(NCc4ccccc4)n3)[nH]2)OC1. The number of benzene rings is 2. The number of aromatic nitrogens is 5. The summed E-state index contributed by atoms with van der Waals surface area (Å²) in [5.74, 6) is 0.250. The summed E-state index contributed by atoms with van der Waals surface area (Å²) in [6, 6.07) is 21.3. The Hall–Kier alpha value is -5.00. The lowest BCUT2D eigenvalue weighted by Gasteiger charge is -2.35. The first-order valence-electron chi connectivity index (χ1n) is 13.4. The highest BCUT2D eigenvalue weighted by molar-refractivity contribution is 5.95. The summed E-state index contributed by atoms with van der Waals surface area (Å²) in [4.78, 5) is 34.1. The molecule has 10 nitrogen and oxygen atoms in total. The number of H-pyrrole nitrogens is 1. The van der Waals surface area contributed by atoms with Crippen LogP contribution < -0.4 is 10.6 Å². The monoisotopic (exact) mass is 565 g/mol. The number of imidazole rings is 1. The van der Waals surface area contributed by atoms with Gasteiger partial charge in [-0.2, -0.15) is 0 Å². The highest BCUT2D eigenvalue weighted by atomic mass is 19.1. The molecule has 3 N–H and O–H groups in total. The number of anilines is 2. The first-order chi connectivity index (χ1) is 20.5. The third kappa shape index (κ3) is 6.02. The normalized spacial score (nSPS) is 18.4. The second-order valence-corrected chi connectivity index (χ2v) is 10.2. The van der Waals surface area contributed by atoms with Gasteiger partial charge in [0.15, 0.2) is 5.82 Å². The van der Waals surface area contributed by atoms with Crippen molar-refractivity contribution in [1.29, 1.82) is 0 Å². The largest absolute Gasteiger partial charge is 0.350 e. The van der Waals surface area contributed by atoms with E-state index in [4.69, 9.17) is 19.4 Å². The van der Waals surface area contributed by atoms with Crippen molar-refractivity contribution in [3.8, 4) is 22.6 Å². The summed E-state index contributed by atoms with van der Waals surface area (Å²) in [5.41, 5.74) is 3.16. The van der Waals surface area contributed by atoms with E-state index >= 15 is 0 Å². The molecule has 212 valence electrons. The molecule has 0 spiro atoms. The molecule has 6 rings (SSSR count). The van der Waals surface area contributed by atoms with Gasteiger partial charge >= 0.3 is 0 Å². The first-order valence-corrected chi connectivity index (χ1v) is 13.4. The second-order valence-electron chi connectivity index (χ2n) is 10.2. The highest BCUT2D eigenvalue weighted by Crippen LogP contribution is 2.36. The minimum Gasteiger partial charge on any atom is -0.350 e. The Morgan fingerprint density at radius 3 is 2.52 bits per heavy atom. The average molecular weight is 566 g/mol. The van der Waals surface area contributed by atoms with Crippen molar-refractivity contribution in [2.24, 2.45) is 5.41 Å². The van der Waals surface area contributed by atoms with Gasteiger partial charge in [0.2, 0.25) is 18.1 Å². The Kier molecular flexibility index (Phi) is 7.67. The van der Waals surface area contributed by atoms with Crippen molar-refractivity contribution in [2.45, 2.75) is 19.8 Å². The lowest BCUT2D eigenvalue weighted by Crippen LogP contribution is -2.45. The van der Waals surface area contributed by atoms with Gasteiger partial charge in [0.05, 0.1) is 47.6 Å². The summed E-state index contributed by atoms with van der Waals surface area (Å²) in [5, 5.41) is 6.11. The quantitative estimate of drug-likeness (QED) is 0.229. The van der Waals surface area contributed by atoms with Gasteiger partial charge in [0, 0.05) is 24.5 Å². The number of amides is 1. The van der Waals surface area contributed by atoms with E-state index in [1.807, 2.05) is 30.3 Å². The second kappa shape index (κ2) is 11.9. The Morgan fingerprint density at radius 1 is 1.00 bits per heavy atom. The van der Waals surface area contributed by atoms with Crippen molar-refractivity contribution in [3.05, 3.63) is 109 Å². The zero-order valence-corrected chi connectivity index (χ0v) is 22.8. The Balaban J connectivity index is 1.24. The fraction of sp³-hybridized carbons (Fsp3) is 0.194. The predicted octanol–water partition coefficient (Wildman–Crippen LogP) is 5.37. The maximum atomic E-state index is 13.7. The maximum absolute atomic E-state index is 13.7. The minimum atomic E-state index is -0.923. The molecule has 0 unspecified atom stereocenters. The van der Waals surface area contributed by atoms with Gasteiger partial charge in [-0.3, -0.25) is 9.78 Å². The van der Waals surface area contributed by atoms with Crippen LogP contribution in [0.2, 0.25) is 0 Å². The predicted molar refractivity (Wildman–Crippen MR) is 154 cm³/mol. The highest BCUT2D eigenvalue weighted by Gasteiger charge is 2.41. The molecule has 1 aliphatic rings. The van der Waals surface area contributed by atoms with E-state index in [1.165, 1.54) is 12.1 Å². The van der Waals surface area contributed by atoms with Crippen molar-refractivity contribution < 1.29 is 18.7 Å². The van der Waals surface area contributed by atoms with Crippen LogP contribution in [0.25, 0.3) is 22.6 Å². The van der Waals surface area contributed by atoms with Crippen LogP contribution in [-0.4, -0.2) is 44.0 Å². The van der Waals surface area contributed by atoms with E-state index in [0.29, 0.717) is 46.7 Å². The number of ether oxygens (including phenoxy) is 2. The molecule has 1 aliphatic heterocycles. The van der Waals surface area contributed by atoms with Gasteiger partial charge in [-0.05, 0) is 55.0 Å². The molecule has 1 saturated heterocycles. The molecule has 1 amide bonds. The topological polar surface area (TPSA) is 127 Å². The summed E-state index contributed by atoms with van der Waals surface area (Å²) in [6.07, 6.45) is 4.02. The van der Waals surface area contributed by atoms with Gasteiger partial charge in [0.25, 0.3) is 0 Å². The van der Waals surface area contributed by atoms with Crippen molar-refractivity contribution >= 4 is 17.5 Å². The number of hydrogen-bond acceptors (Lipinski definition) is 8. The van der Waals surface area contributed by atoms with Crippen LogP contribution in [-0.2, 0) is 20.8 Å². The molecule has 5 aromatic rings. The summed E-state index contributed by atoms with van der Waals surface area (Å²) < 4.78 is 25.8. The van der Waals surface area contributed by atoms with Crippen molar-refractivity contribution in [1.82, 2.24) is 24.9 Å². The molecule has 0 saturated carbocycles. The van der Waals surface area contributed by atoms with Crippen molar-refractivity contribution in [3.63, 3.8) is 0 Å². The maximum Gasteiger partial charge on any atom is 0.235 e. The number of nitrogens with one attached hydrogen (secondary N) is 3. The molecule has 0 atom stereocenters. The van der Waals surface area contributed by atoms with Gasteiger partial charge in [-0.25, -0.2) is 19.3 Å². The molecule has 3 aromatic heterocycles. The molecular weight excluding hydrogens is 537 g/mol. The van der Waals surface area contributed by atoms with Crippen LogP contribution >= 0.6 is 0 Å². The van der Waals surface area contributed by atoms with Crippen LogP contribution in [0.1, 0.15) is 24.6 Å². The average Bonchev–Trinajstić information content (AvgIpc) is 3.47. The van der Waals surface area contributed by atoms with Gasteiger partial charge < -0.3 is 25.1 Å². The molecular formula is C31H28FN7O3. The fourth-order valence-electron chi connectivity index (χ4n) is 4.48. The first kappa shape index (κ1) is 27.2. The van der Waals surface area contributed by atoms with Crippen LogP contribution in [0, 0.1) is 11.2 Å². The fourth-order valence-corrected chi connectivity index (χ4v) is 4.48. The van der Waals surface area contributed by atoms with E-state index in [1.54, 1.807) is 55.8 Å². The van der Waals surface area contributed by atoms with E-state index in [2.05, 4.69) is 25.6 Å².